The monoisotopic (exact) mass is 654 g/mol. The van der Waals surface area contributed by atoms with Gasteiger partial charge in [0.05, 0.1) is 18.0 Å². The van der Waals surface area contributed by atoms with Crippen molar-refractivity contribution in [2.45, 2.75) is 66.2 Å². The van der Waals surface area contributed by atoms with E-state index in [4.69, 9.17) is 9.73 Å². The predicted octanol–water partition coefficient (Wildman–Crippen LogP) is 7.37. The number of anilines is 1. The number of hydrogen-bond donors (Lipinski definition) is 1. The number of nitrogens with zero attached hydrogens (tertiary/aromatic N) is 3. The SMILES string of the molecule is CCC(F)Oc1ccc(C2=CN=C3C(Nc4ccc(C(=O)C(C)CC(=O)N(C)CC(=O)N5CCC(C)CC5)c(C)c4)=CCC=CC23)cc1. The fourth-order valence-corrected chi connectivity index (χ4v) is 6.31. The lowest BCUT2D eigenvalue weighted by Crippen LogP contribution is -2.44. The molecule has 1 N–H and O–H groups in total. The maximum atomic E-state index is 13.7. The third-order valence-electron chi connectivity index (χ3n) is 9.44. The maximum absolute atomic E-state index is 13.7. The number of ether oxygens (including phenoxy) is 1. The number of carbonyl (C=O) groups excluding carboxylic acids is 3. The summed E-state index contributed by atoms with van der Waals surface area (Å²) >= 11 is 0. The zero-order valence-corrected chi connectivity index (χ0v) is 28.7. The zero-order chi connectivity index (χ0) is 34.4. The first-order valence-corrected chi connectivity index (χ1v) is 17.0. The Balaban J connectivity index is 1.18. The van der Waals surface area contributed by atoms with Crippen molar-refractivity contribution in [2.24, 2.45) is 22.7 Å². The number of ketones is 1. The summed E-state index contributed by atoms with van der Waals surface area (Å²) < 4.78 is 19.0. The van der Waals surface area contributed by atoms with Gasteiger partial charge in [-0.25, -0.2) is 4.39 Å². The van der Waals surface area contributed by atoms with Gasteiger partial charge in [-0.1, -0.05) is 51.1 Å². The number of halogens is 1. The largest absolute Gasteiger partial charge is 0.460 e. The van der Waals surface area contributed by atoms with Crippen LogP contribution in [0.5, 0.6) is 5.75 Å². The average Bonchev–Trinajstić information content (AvgIpc) is 3.39. The van der Waals surface area contributed by atoms with Gasteiger partial charge >= 0.3 is 0 Å². The molecule has 48 heavy (non-hydrogen) atoms. The minimum absolute atomic E-state index is 0.0309. The van der Waals surface area contributed by atoms with E-state index in [1.165, 1.54) is 4.90 Å². The molecule has 3 aliphatic rings. The fraction of sp³-hybridized carbons (Fsp3) is 0.436. The van der Waals surface area contributed by atoms with E-state index >= 15 is 0 Å². The number of nitrogens with one attached hydrogen (secondary N) is 1. The summed E-state index contributed by atoms with van der Waals surface area (Å²) in [5.74, 6) is 0.191. The highest BCUT2D eigenvalue weighted by molar-refractivity contribution is 6.14. The number of amides is 2. The van der Waals surface area contributed by atoms with Gasteiger partial charge in [0.2, 0.25) is 18.2 Å². The molecule has 254 valence electrons. The minimum atomic E-state index is -1.33. The number of allylic oxidation sites excluding steroid dienone is 5. The molecule has 9 heteroatoms. The topological polar surface area (TPSA) is 91.3 Å². The molecule has 1 saturated heterocycles. The number of alkyl halides is 1. The first-order valence-electron chi connectivity index (χ1n) is 17.0. The number of Topliss-reactive ketones (excluding diaryl/α,β-unsaturated/α-hetero) is 1. The van der Waals surface area contributed by atoms with Crippen LogP contribution in [-0.4, -0.2) is 66.1 Å². The summed E-state index contributed by atoms with van der Waals surface area (Å²) in [7, 11) is 1.63. The van der Waals surface area contributed by atoms with E-state index in [2.05, 4.69) is 30.5 Å². The number of hydrogen-bond acceptors (Lipinski definition) is 6. The predicted molar refractivity (Wildman–Crippen MR) is 189 cm³/mol. The Kier molecular flexibility index (Phi) is 11.3. The number of likely N-dealkylation sites (tertiary alicyclic amines) is 1. The number of rotatable bonds is 12. The molecule has 1 aliphatic carbocycles. The number of piperidine rings is 1. The molecule has 5 rings (SSSR count). The Hall–Kier alpha value is -4.53. The smallest absolute Gasteiger partial charge is 0.242 e. The van der Waals surface area contributed by atoms with Crippen molar-refractivity contribution in [3.05, 3.63) is 89.3 Å². The second-order valence-corrected chi connectivity index (χ2v) is 13.3. The van der Waals surface area contributed by atoms with Crippen LogP contribution in [0.1, 0.15) is 74.4 Å². The Morgan fingerprint density at radius 2 is 1.85 bits per heavy atom. The van der Waals surface area contributed by atoms with Crippen LogP contribution in [0.15, 0.2) is 77.6 Å². The summed E-state index contributed by atoms with van der Waals surface area (Å²) in [4.78, 5) is 47.2. The van der Waals surface area contributed by atoms with Crippen LogP contribution in [-0.2, 0) is 9.59 Å². The van der Waals surface area contributed by atoms with Crippen molar-refractivity contribution in [1.29, 1.82) is 0 Å². The minimum Gasteiger partial charge on any atom is -0.460 e. The van der Waals surface area contributed by atoms with Crippen molar-refractivity contribution in [3.63, 3.8) is 0 Å². The molecular weight excluding hydrogens is 607 g/mol. The van der Waals surface area contributed by atoms with Crippen LogP contribution in [0, 0.1) is 24.7 Å². The first-order chi connectivity index (χ1) is 23.0. The molecule has 2 aromatic rings. The van der Waals surface area contributed by atoms with Crippen LogP contribution in [0.3, 0.4) is 0 Å². The van der Waals surface area contributed by atoms with E-state index in [0.29, 0.717) is 23.7 Å². The van der Waals surface area contributed by atoms with Crippen LogP contribution in [0.2, 0.25) is 0 Å². The highest BCUT2D eigenvalue weighted by Crippen LogP contribution is 2.36. The molecule has 0 spiro atoms. The fourth-order valence-electron chi connectivity index (χ4n) is 6.31. The Morgan fingerprint density at radius 3 is 2.54 bits per heavy atom. The van der Waals surface area contributed by atoms with Gasteiger partial charge < -0.3 is 19.9 Å². The summed E-state index contributed by atoms with van der Waals surface area (Å²) in [6.45, 7) is 9.09. The Morgan fingerprint density at radius 1 is 1.12 bits per heavy atom. The van der Waals surface area contributed by atoms with E-state index < -0.39 is 12.3 Å². The van der Waals surface area contributed by atoms with Gasteiger partial charge in [0.1, 0.15) is 5.75 Å². The van der Waals surface area contributed by atoms with E-state index in [9.17, 15) is 18.8 Å². The van der Waals surface area contributed by atoms with Gasteiger partial charge in [-0.05, 0) is 79.1 Å². The molecular formula is C39H47FN4O4. The van der Waals surface area contributed by atoms with E-state index in [1.807, 2.05) is 48.4 Å². The van der Waals surface area contributed by atoms with Gasteiger partial charge in [-0.3, -0.25) is 19.4 Å². The van der Waals surface area contributed by atoms with E-state index in [0.717, 1.165) is 66.1 Å². The normalized spacial score (nSPS) is 18.9. The van der Waals surface area contributed by atoms with Gasteiger partial charge in [-0.15, -0.1) is 0 Å². The first kappa shape index (κ1) is 34.8. The van der Waals surface area contributed by atoms with Gasteiger partial charge in [-0.2, -0.15) is 0 Å². The molecule has 2 amide bonds. The molecule has 0 radical (unpaired) electrons. The second-order valence-electron chi connectivity index (χ2n) is 13.3. The van der Waals surface area contributed by atoms with Crippen molar-refractivity contribution in [1.82, 2.24) is 9.80 Å². The summed E-state index contributed by atoms with van der Waals surface area (Å²) in [6.07, 6.45) is 9.97. The second kappa shape index (κ2) is 15.6. The van der Waals surface area contributed by atoms with Crippen molar-refractivity contribution in [2.75, 3.05) is 32.0 Å². The van der Waals surface area contributed by atoms with Crippen molar-refractivity contribution in [3.8, 4) is 5.75 Å². The number of carbonyl (C=O) groups is 3. The van der Waals surface area contributed by atoms with Crippen LogP contribution in [0.25, 0.3) is 5.57 Å². The third kappa shape index (κ3) is 8.30. The highest BCUT2D eigenvalue weighted by Gasteiger charge is 2.29. The lowest BCUT2D eigenvalue weighted by molar-refractivity contribution is -0.140. The molecule has 0 saturated carbocycles. The summed E-state index contributed by atoms with van der Waals surface area (Å²) in [5, 5.41) is 3.52. The molecule has 2 aromatic carbocycles. The lowest BCUT2D eigenvalue weighted by atomic mass is 9.90. The molecule has 8 nitrogen and oxygen atoms in total. The number of fused-ring (bicyclic) bond motifs is 1. The standard InChI is InChI=1S/C39H47FN4O4/c1-6-35(40)48-30-14-11-28(12-15-30)33-23-41-38-32(33)9-7-8-10-34(38)42-29-13-16-31(26(3)21-29)39(47)27(4)22-36(45)43(5)24-37(46)44-19-17-25(2)18-20-44/h7,9-16,21,23,25,27,32,35,42H,6,8,17-20,22,24H2,1-5H3. The molecule has 3 unspecified atom stereocenters. The van der Waals surface area contributed by atoms with Gasteiger partial charge in [0.15, 0.2) is 5.78 Å². The number of benzene rings is 2. The van der Waals surface area contributed by atoms with Crippen molar-refractivity contribution >= 4 is 34.6 Å². The molecule has 1 fully saturated rings. The van der Waals surface area contributed by atoms with Crippen molar-refractivity contribution < 1.29 is 23.5 Å². The van der Waals surface area contributed by atoms with Crippen LogP contribution >= 0.6 is 0 Å². The Bertz CT molecular complexity index is 1640. The molecule has 2 aliphatic heterocycles. The highest BCUT2D eigenvalue weighted by atomic mass is 19.1. The van der Waals surface area contributed by atoms with Crippen LogP contribution in [0.4, 0.5) is 10.1 Å². The van der Waals surface area contributed by atoms with E-state index in [1.54, 1.807) is 33.0 Å². The molecule has 2 heterocycles. The number of likely N-dealkylation sites (N-methyl/N-ethyl adjacent to an activating group) is 1. The average molecular weight is 655 g/mol. The zero-order valence-electron chi connectivity index (χ0n) is 28.7. The molecule has 0 aromatic heterocycles. The number of aryl methyl sites for hydroxylation is 1. The quantitative estimate of drug-likeness (QED) is 0.191. The maximum Gasteiger partial charge on any atom is 0.242 e. The molecule has 3 atom stereocenters. The summed E-state index contributed by atoms with van der Waals surface area (Å²) in [5.41, 5.74) is 6.05. The van der Waals surface area contributed by atoms with Gasteiger partial charge in [0.25, 0.3) is 0 Å². The lowest BCUT2D eigenvalue weighted by Gasteiger charge is -2.31. The van der Waals surface area contributed by atoms with Gasteiger partial charge in [0, 0.05) is 62.3 Å². The van der Waals surface area contributed by atoms with Crippen LogP contribution < -0.4 is 10.1 Å². The molecule has 0 bridgehead atoms. The Labute approximate surface area is 283 Å². The van der Waals surface area contributed by atoms with E-state index in [-0.39, 0.29) is 36.5 Å². The third-order valence-corrected chi connectivity index (χ3v) is 9.44. The summed E-state index contributed by atoms with van der Waals surface area (Å²) in [6, 6.07) is 13.1. The number of aliphatic imine (C=N–C) groups is 1.